The molecule has 2 rings (SSSR count). The van der Waals surface area contributed by atoms with Gasteiger partial charge in [-0.3, -0.25) is 4.79 Å². The van der Waals surface area contributed by atoms with Crippen molar-refractivity contribution in [1.29, 1.82) is 0 Å². The lowest BCUT2D eigenvalue weighted by atomic mass is 9.78. The molecule has 1 heterocycles. The molecule has 0 unspecified atom stereocenters. The van der Waals surface area contributed by atoms with Crippen LogP contribution < -0.4 is 10.6 Å². The predicted octanol–water partition coefficient (Wildman–Crippen LogP) is 2.92. The lowest BCUT2D eigenvalue weighted by Crippen LogP contribution is -2.36. The van der Waals surface area contributed by atoms with Gasteiger partial charge in [-0.2, -0.15) is 0 Å². The predicted molar refractivity (Wildman–Crippen MR) is 82.1 cm³/mol. The Balaban J connectivity index is 1.93. The Kier molecular flexibility index (Phi) is 4.96. The van der Waals surface area contributed by atoms with E-state index in [4.69, 9.17) is 0 Å². The molecule has 1 aromatic heterocycles. The summed E-state index contributed by atoms with van der Waals surface area (Å²) in [6, 6.07) is 0. The standard InChI is InChI=1S/C14H24N4OS/c1-10(2)8-14(6-4-5-7-14)9-16-11(19)12-17-18-13(15-3)20-12/h10H,4-9H2,1-3H3,(H,15,18)(H,16,19). The first-order valence-corrected chi connectivity index (χ1v) is 8.16. The van der Waals surface area contributed by atoms with Gasteiger partial charge in [0.05, 0.1) is 0 Å². The van der Waals surface area contributed by atoms with Crippen LogP contribution in [0.15, 0.2) is 0 Å². The van der Waals surface area contributed by atoms with E-state index in [2.05, 4.69) is 34.7 Å². The molecule has 0 aromatic carbocycles. The van der Waals surface area contributed by atoms with Crippen molar-refractivity contribution < 1.29 is 4.79 Å². The number of hydrogen-bond donors (Lipinski definition) is 2. The topological polar surface area (TPSA) is 66.9 Å². The van der Waals surface area contributed by atoms with Crippen molar-refractivity contribution in [2.24, 2.45) is 11.3 Å². The highest BCUT2D eigenvalue weighted by Gasteiger charge is 2.34. The van der Waals surface area contributed by atoms with Gasteiger partial charge in [-0.05, 0) is 30.6 Å². The summed E-state index contributed by atoms with van der Waals surface area (Å²) >= 11 is 1.29. The highest BCUT2D eigenvalue weighted by Crippen LogP contribution is 2.42. The zero-order valence-electron chi connectivity index (χ0n) is 12.5. The molecule has 1 aromatic rings. The zero-order valence-corrected chi connectivity index (χ0v) is 13.3. The van der Waals surface area contributed by atoms with Crippen LogP contribution in [-0.4, -0.2) is 29.7 Å². The Morgan fingerprint density at radius 1 is 1.35 bits per heavy atom. The van der Waals surface area contributed by atoms with E-state index in [1.807, 2.05) is 0 Å². The number of anilines is 1. The highest BCUT2D eigenvalue weighted by atomic mass is 32.1. The van der Waals surface area contributed by atoms with Gasteiger partial charge in [0.15, 0.2) is 0 Å². The van der Waals surface area contributed by atoms with Crippen LogP contribution in [0, 0.1) is 11.3 Å². The van der Waals surface area contributed by atoms with Gasteiger partial charge in [0.2, 0.25) is 10.1 Å². The van der Waals surface area contributed by atoms with Crippen molar-refractivity contribution in [1.82, 2.24) is 15.5 Å². The van der Waals surface area contributed by atoms with Crippen LogP contribution in [0.25, 0.3) is 0 Å². The summed E-state index contributed by atoms with van der Waals surface area (Å²) in [6.45, 7) is 5.27. The molecule has 0 saturated heterocycles. The maximum Gasteiger partial charge on any atom is 0.282 e. The van der Waals surface area contributed by atoms with Gasteiger partial charge in [0.1, 0.15) is 0 Å². The molecular formula is C14H24N4OS. The molecule has 1 aliphatic rings. The molecule has 0 radical (unpaired) electrons. The molecule has 6 heteroatoms. The lowest BCUT2D eigenvalue weighted by Gasteiger charge is -2.31. The van der Waals surface area contributed by atoms with Crippen LogP contribution in [0.4, 0.5) is 5.13 Å². The molecule has 1 aliphatic carbocycles. The van der Waals surface area contributed by atoms with Gasteiger partial charge >= 0.3 is 0 Å². The smallest absolute Gasteiger partial charge is 0.282 e. The van der Waals surface area contributed by atoms with Crippen LogP contribution in [0.5, 0.6) is 0 Å². The molecule has 0 aliphatic heterocycles. The maximum atomic E-state index is 12.1. The minimum absolute atomic E-state index is 0.0981. The van der Waals surface area contributed by atoms with Crippen LogP contribution in [0.2, 0.25) is 0 Å². The van der Waals surface area contributed by atoms with E-state index in [1.54, 1.807) is 7.05 Å². The van der Waals surface area contributed by atoms with Crippen LogP contribution >= 0.6 is 11.3 Å². The van der Waals surface area contributed by atoms with Gasteiger partial charge in [-0.1, -0.05) is 38.0 Å². The lowest BCUT2D eigenvalue weighted by molar-refractivity contribution is 0.0920. The summed E-state index contributed by atoms with van der Waals surface area (Å²) in [7, 11) is 1.78. The summed E-state index contributed by atoms with van der Waals surface area (Å²) in [4.78, 5) is 12.1. The van der Waals surface area contributed by atoms with Crippen LogP contribution in [-0.2, 0) is 0 Å². The number of carbonyl (C=O) groups excluding carboxylic acids is 1. The van der Waals surface area contributed by atoms with Crippen LogP contribution in [0.3, 0.4) is 0 Å². The van der Waals surface area contributed by atoms with Gasteiger partial charge in [-0.25, -0.2) is 0 Å². The summed E-state index contributed by atoms with van der Waals surface area (Å²) in [6.07, 6.45) is 6.20. The fraction of sp³-hybridized carbons (Fsp3) is 0.786. The SMILES string of the molecule is CNc1nnc(C(=O)NCC2(CC(C)C)CCCC2)s1. The second-order valence-corrected chi connectivity index (χ2v) is 7.13. The fourth-order valence-electron chi connectivity index (χ4n) is 3.20. The van der Waals surface area contributed by atoms with Crippen LogP contribution in [0.1, 0.15) is 55.8 Å². The van der Waals surface area contributed by atoms with Crippen molar-refractivity contribution in [3.63, 3.8) is 0 Å². The number of rotatable bonds is 6. The molecule has 112 valence electrons. The first-order chi connectivity index (χ1) is 9.54. The minimum Gasteiger partial charge on any atom is -0.363 e. The Labute approximate surface area is 124 Å². The maximum absolute atomic E-state index is 12.1. The summed E-state index contributed by atoms with van der Waals surface area (Å²) in [5, 5.41) is 14.9. The van der Waals surface area contributed by atoms with Gasteiger partial charge in [-0.15, -0.1) is 10.2 Å². The van der Waals surface area contributed by atoms with E-state index in [-0.39, 0.29) is 5.91 Å². The quantitative estimate of drug-likeness (QED) is 0.847. The molecule has 0 atom stereocenters. The molecule has 20 heavy (non-hydrogen) atoms. The monoisotopic (exact) mass is 296 g/mol. The Morgan fingerprint density at radius 3 is 2.60 bits per heavy atom. The van der Waals surface area contributed by atoms with E-state index < -0.39 is 0 Å². The molecular weight excluding hydrogens is 272 g/mol. The average Bonchev–Trinajstić information content (AvgIpc) is 3.04. The molecule has 1 fully saturated rings. The highest BCUT2D eigenvalue weighted by molar-refractivity contribution is 7.17. The van der Waals surface area contributed by atoms with E-state index >= 15 is 0 Å². The molecule has 5 nitrogen and oxygen atoms in total. The van der Waals surface area contributed by atoms with E-state index in [9.17, 15) is 4.79 Å². The molecule has 0 spiro atoms. The van der Waals surface area contributed by atoms with Crippen molar-refractivity contribution in [2.75, 3.05) is 18.9 Å². The zero-order chi connectivity index (χ0) is 14.6. The van der Waals surface area contributed by atoms with Crippen molar-refractivity contribution in [3.05, 3.63) is 5.01 Å². The van der Waals surface area contributed by atoms with E-state index in [0.717, 1.165) is 6.54 Å². The summed E-state index contributed by atoms with van der Waals surface area (Å²) in [5.74, 6) is 0.571. The van der Waals surface area contributed by atoms with E-state index in [0.29, 0.717) is 21.5 Å². The first kappa shape index (κ1) is 15.2. The first-order valence-electron chi connectivity index (χ1n) is 7.34. The number of nitrogens with zero attached hydrogens (tertiary/aromatic N) is 2. The molecule has 1 saturated carbocycles. The summed E-state index contributed by atoms with van der Waals surface area (Å²) in [5.41, 5.74) is 0.292. The van der Waals surface area contributed by atoms with Crippen molar-refractivity contribution in [2.45, 2.75) is 46.0 Å². The Morgan fingerprint density at radius 2 is 2.05 bits per heavy atom. The Hall–Kier alpha value is -1.17. The fourth-order valence-corrected chi connectivity index (χ4v) is 3.82. The van der Waals surface area contributed by atoms with Crippen molar-refractivity contribution in [3.8, 4) is 0 Å². The third kappa shape index (κ3) is 3.69. The van der Waals surface area contributed by atoms with Crippen molar-refractivity contribution >= 4 is 22.4 Å². The molecule has 1 amide bonds. The number of carbonyl (C=O) groups is 1. The molecule has 0 bridgehead atoms. The normalized spacial score (nSPS) is 17.4. The second kappa shape index (κ2) is 6.52. The van der Waals surface area contributed by atoms with Gasteiger partial charge < -0.3 is 10.6 Å². The second-order valence-electron chi connectivity index (χ2n) is 6.15. The summed E-state index contributed by atoms with van der Waals surface area (Å²) < 4.78 is 0. The third-order valence-corrected chi connectivity index (χ3v) is 4.90. The molecule has 2 N–H and O–H groups in total. The minimum atomic E-state index is -0.0981. The third-order valence-electron chi connectivity index (χ3n) is 3.96. The number of nitrogens with one attached hydrogen (secondary N) is 2. The van der Waals surface area contributed by atoms with E-state index in [1.165, 1.54) is 43.4 Å². The van der Waals surface area contributed by atoms with Gasteiger partial charge in [0, 0.05) is 13.6 Å². The largest absolute Gasteiger partial charge is 0.363 e. The van der Waals surface area contributed by atoms with Gasteiger partial charge in [0.25, 0.3) is 5.91 Å². The number of aromatic nitrogens is 2. The Bertz CT molecular complexity index is 452. The average molecular weight is 296 g/mol. The number of amides is 1. The number of hydrogen-bond acceptors (Lipinski definition) is 5.